The van der Waals surface area contributed by atoms with Gasteiger partial charge in [0.2, 0.25) is 5.95 Å². The smallest absolute Gasteiger partial charge is 0.321 e. The summed E-state index contributed by atoms with van der Waals surface area (Å²) in [6.07, 6.45) is 5.27. The van der Waals surface area contributed by atoms with E-state index in [1.807, 2.05) is 41.3 Å². The Morgan fingerprint density at radius 1 is 1.17 bits per heavy atom. The number of amides is 2. The van der Waals surface area contributed by atoms with Crippen molar-refractivity contribution in [3.05, 3.63) is 54.6 Å². The van der Waals surface area contributed by atoms with E-state index < -0.39 is 0 Å². The lowest BCUT2D eigenvalue weighted by Gasteiger charge is -2.16. The van der Waals surface area contributed by atoms with E-state index in [1.54, 1.807) is 12.5 Å². The first-order chi connectivity index (χ1) is 14.2. The quantitative estimate of drug-likeness (QED) is 0.562. The molecule has 1 aliphatic heterocycles. The van der Waals surface area contributed by atoms with E-state index in [0.29, 0.717) is 29.5 Å². The van der Waals surface area contributed by atoms with E-state index in [-0.39, 0.29) is 6.03 Å². The number of anilines is 4. The van der Waals surface area contributed by atoms with Crippen LogP contribution < -0.4 is 21.4 Å². The average Bonchev–Trinajstić information content (AvgIpc) is 3.43. The summed E-state index contributed by atoms with van der Waals surface area (Å²) in [7, 11) is 5.96. The zero-order valence-corrected chi connectivity index (χ0v) is 15.9. The third kappa shape index (κ3) is 4.87. The average molecular weight is 388 g/mol. The maximum absolute atomic E-state index is 12.3. The summed E-state index contributed by atoms with van der Waals surface area (Å²) in [5.41, 5.74) is 1.90. The molecule has 0 saturated carbocycles. The second kappa shape index (κ2) is 8.68. The number of hydrogen-bond donors (Lipinski definition) is 3. The van der Waals surface area contributed by atoms with Crippen LogP contribution in [0.3, 0.4) is 0 Å². The summed E-state index contributed by atoms with van der Waals surface area (Å²) in [4.78, 5) is 22.7. The number of furan rings is 1. The third-order valence-corrected chi connectivity index (χ3v) is 4.59. The van der Waals surface area contributed by atoms with E-state index in [9.17, 15) is 4.79 Å². The summed E-state index contributed by atoms with van der Waals surface area (Å²) >= 11 is 0. The van der Waals surface area contributed by atoms with Gasteiger partial charge in [-0.25, -0.2) is 9.78 Å². The van der Waals surface area contributed by atoms with Gasteiger partial charge in [0.25, 0.3) is 0 Å². The van der Waals surface area contributed by atoms with Crippen molar-refractivity contribution in [1.29, 1.82) is 0 Å². The monoisotopic (exact) mass is 388 g/mol. The topological polar surface area (TPSA) is 95.3 Å². The number of carbonyl (C=O) groups is 1. The molecule has 9 heteroatoms. The molecule has 1 aliphatic rings. The molecule has 8 nitrogen and oxygen atoms in total. The molecule has 3 heterocycles. The first-order valence-corrected chi connectivity index (χ1v) is 9.49. The van der Waals surface area contributed by atoms with Crippen LogP contribution in [0.4, 0.5) is 27.9 Å². The summed E-state index contributed by atoms with van der Waals surface area (Å²) < 4.78 is 5.30. The van der Waals surface area contributed by atoms with Gasteiger partial charge in [-0.1, -0.05) is 6.07 Å². The van der Waals surface area contributed by atoms with Gasteiger partial charge in [-0.2, -0.15) is 4.98 Å². The van der Waals surface area contributed by atoms with Gasteiger partial charge in [-0.05, 0) is 48.6 Å². The van der Waals surface area contributed by atoms with Crippen LogP contribution in [0, 0.1) is 0 Å². The minimum atomic E-state index is -0.0761. The first-order valence-electron chi connectivity index (χ1n) is 9.49. The lowest BCUT2D eigenvalue weighted by atomic mass is 9.99. The molecule has 0 bridgehead atoms. The van der Waals surface area contributed by atoms with E-state index in [4.69, 9.17) is 12.3 Å². The molecule has 2 aromatic heterocycles. The van der Waals surface area contributed by atoms with Crippen molar-refractivity contribution in [2.45, 2.75) is 19.4 Å². The molecule has 2 amide bonds. The maximum Gasteiger partial charge on any atom is 0.321 e. The predicted molar refractivity (Wildman–Crippen MR) is 113 cm³/mol. The lowest BCUT2D eigenvalue weighted by molar-refractivity contribution is 0.222. The number of carbonyl (C=O) groups excluding carboxylic acids is 1. The fourth-order valence-electron chi connectivity index (χ4n) is 3.10. The van der Waals surface area contributed by atoms with Crippen LogP contribution in [0.25, 0.3) is 0 Å². The van der Waals surface area contributed by atoms with Crippen molar-refractivity contribution in [1.82, 2.24) is 14.9 Å². The Kier molecular flexibility index (Phi) is 5.65. The number of rotatable bonds is 6. The minimum Gasteiger partial charge on any atom is -0.467 e. The Labute approximate surface area is 170 Å². The molecule has 0 aliphatic carbocycles. The van der Waals surface area contributed by atoms with E-state index in [1.165, 1.54) is 0 Å². The van der Waals surface area contributed by atoms with E-state index >= 15 is 0 Å². The number of benzene rings is 1. The predicted octanol–water partition coefficient (Wildman–Crippen LogP) is 2.85. The second-order valence-corrected chi connectivity index (χ2v) is 6.76. The van der Waals surface area contributed by atoms with Crippen LogP contribution in [-0.4, -0.2) is 41.8 Å². The van der Waals surface area contributed by atoms with Gasteiger partial charge in [-0.15, -0.1) is 0 Å². The largest absolute Gasteiger partial charge is 0.467 e. The van der Waals surface area contributed by atoms with Crippen molar-refractivity contribution in [2.24, 2.45) is 0 Å². The fourth-order valence-corrected chi connectivity index (χ4v) is 3.10. The first kappa shape index (κ1) is 18.9. The van der Waals surface area contributed by atoms with Gasteiger partial charge >= 0.3 is 6.03 Å². The molecule has 0 spiro atoms. The molecule has 29 heavy (non-hydrogen) atoms. The zero-order valence-electron chi connectivity index (χ0n) is 15.9. The van der Waals surface area contributed by atoms with Crippen molar-refractivity contribution >= 4 is 42.5 Å². The highest BCUT2D eigenvalue weighted by atomic mass is 16.3. The minimum absolute atomic E-state index is 0.0761. The number of nitrogens with one attached hydrogen (secondary N) is 3. The van der Waals surface area contributed by atoms with Gasteiger partial charge in [0.1, 0.15) is 19.4 Å². The van der Waals surface area contributed by atoms with Crippen molar-refractivity contribution < 1.29 is 9.21 Å². The molecule has 3 N–H and O–H groups in total. The molecule has 146 valence electrons. The van der Waals surface area contributed by atoms with E-state index in [2.05, 4.69) is 25.9 Å². The molecule has 0 unspecified atom stereocenters. The van der Waals surface area contributed by atoms with Gasteiger partial charge in [-0.3, -0.25) is 0 Å². The van der Waals surface area contributed by atoms with Crippen molar-refractivity contribution in [2.75, 3.05) is 29.0 Å². The van der Waals surface area contributed by atoms with Gasteiger partial charge in [0.05, 0.1) is 12.8 Å². The Morgan fingerprint density at radius 2 is 2.00 bits per heavy atom. The highest BCUT2D eigenvalue weighted by molar-refractivity contribution is 6.35. The molecular weight excluding hydrogens is 367 g/mol. The number of likely N-dealkylation sites (tertiary alicyclic amines) is 1. The molecule has 3 aromatic rings. The van der Waals surface area contributed by atoms with Crippen LogP contribution in [-0.2, 0) is 6.54 Å². The highest BCUT2D eigenvalue weighted by Gasteiger charge is 2.17. The third-order valence-electron chi connectivity index (χ3n) is 4.59. The highest BCUT2D eigenvalue weighted by Crippen LogP contribution is 2.19. The van der Waals surface area contributed by atoms with Gasteiger partial charge < -0.3 is 25.3 Å². The summed E-state index contributed by atoms with van der Waals surface area (Å²) in [5, 5.41) is 9.21. The van der Waals surface area contributed by atoms with Gasteiger partial charge in [0, 0.05) is 30.7 Å². The van der Waals surface area contributed by atoms with Crippen LogP contribution >= 0.6 is 0 Å². The normalized spacial score (nSPS) is 13.3. The van der Waals surface area contributed by atoms with Crippen molar-refractivity contribution in [3.8, 4) is 0 Å². The van der Waals surface area contributed by atoms with Gasteiger partial charge in [0.15, 0.2) is 0 Å². The molecule has 2 radical (unpaired) electrons. The number of urea groups is 1. The molecule has 1 aromatic carbocycles. The standard InChI is InChI=1S/C20H21BN6O2/c21-17-13-23-19(26-18(17)22-12-16-7-4-10-29-16)24-14-5-3-6-15(11-14)25-20(28)27-8-1-2-9-27/h3-7,10-11,13H,1-2,8-9,12H2,(H,25,28)(H2,22,23,24,26). The Hall–Kier alpha value is -3.49. The summed E-state index contributed by atoms with van der Waals surface area (Å²) in [6.45, 7) is 2.07. The van der Waals surface area contributed by atoms with E-state index in [0.717, 1.165) is 37.4 Å². The number of hydrogen-bond acceptors (Lipinski definition) is 6. The summed E-state index contributed by atoms with van der Waals surface area (Å²) in [5.74, 6) is 1.68. The maximum atomic E-state index is 12.3. The van der Waals surface area contributed by atoms with Crippen LogP contribution in [0.2, 0.25) is 0 Å². The molecule has 1 fully saturated rings. The molecule has 4 rings (SSSR count). The SMILES string of the molecule is [B]c1cnc(Nc2cccc(NC(=O)N3CCCC3)c2)nc1NCc1ccco1. The second-order valence-electron chi connectivity index (χ2n) is 6.76. The lowest BCUT2D eigenvalue weighted by Crippen LogP contribution is -2.32. The number of nitrogens with zero attached hydrogens (tertiary/aromatic N) is 3. The summed E-state index contributed by atoms with van der Waals surface area (Å²) in [6, 6.07) is 11.0. The Balaban J connectivity index is 1.42. The zero-order chi connectivity index (χ0) is 20.1. The van der Waals surface area contributed by atoms with Crippen LogP contribution in [0.5, 0.6) is 0 Å². The number of aromatic nitrogens is 2. The fraction of sp³-hybridized carbons (Fsp3) is 0.250. The van der Waals surface area contributed by atoms with Crippen LogP contribution in [0.15, 0.2) is 53.3 Å². The Bertz CT molecular complexity index is 973. The Morgan fingerprint density at radius 3 is 2.79 bits per heavy atom. The molecule has 1 saturated heterocycles. The van der Waals surface area contributed by atoms with Crippen molar-refractivity contribution in [3.63, 3.8) is 0 Å². The molecular formula is C20H21BN6O2. The molecule has 0 atom stereocenters. The van der Waals surface area contributed by atoms with Crippen LogP contribution in [0.1, 0.15) is 18.6 Å².